The van der Waals surface area contributed by atoms with Gasteiger partial charge in [0.25, 0.3) is 0 Å². The van der Waals surface area contributed by atoms with Crippen LogP contribution in [0.15, 0.2) is 12.4 Å². The van der Waals surface area contributed by atoms with Crippen molar-refractivity contribution >= 4 is 5.91 Å². The van der Waals surface area contributed by atoms with Crippen molar-refractivity contribution in [1.29, 1.82) is 0 Å². The highest BCUT2D eigenvalue weighted by molar-refractivity contribution is 5.83. The van der Waals surface area contributed by atoms with Gasteiger partial charge in [0.2, 0.25) is 5.91 Å². The van der Waals surface area contributed by atoms with Crippen LogP contribution in [0.2, 0.25) is 0 Å². The predicted octanol–water partition coefficient (Wildman–Crippen LogP) is 3.44. The van der Waals surface area contributed by atoms with Crippen molar-refractivity contribution in [3.63, 3.8) is 0 Å². The van der Waals surface area contributed by atoms with Gasteiger partial charge in [-0.15, -0.1) is 0 Å². The summed E-state index contributed by atoms with van der Waals surface area (Å²) in [6.07, 6.45) is 10.7. The fourth-order valence-corrected chi connectivity index (χ4v) is 3.79. The SMILES string of the molecule is CC(C)Cc1cnn(C2CCN(C(=O)C3(C)CCC3)CC2)c1. The van der Waals surface area contributed by atoms with Crippen LogP contribution in [0, 0.1) is 11.3 Å². The lowest BCUT2D eigenvalue weighted by atomic mass is 9.69. The second-order valence-electron chi connectivity index (χ2n) is 7.86. The topological polar surface area (TPSA) is 38.1 Å². The van der Waals surface area contributed by atoms with Gasteiger partial charge in [0.15, 0.2) is 0 Å². The largest absolute Gasteiger partial charge is 0.342 e. The van der Waals surface area contributed by atoms with Gasteiger partial charge in [-0.2, -0.15) is 5.10 Å². The van der Waals surface area contributed by atoms with E-state index in [4.69, 9.17) is 0 Å². The van der Waals surface area contributed by atoms with E-state index in [1.54, 1.807) is 0 Å². The van der Waals surface area contributed by atoms with E-state index in [2.05, 4.69) is 41.6 Å². The second-order valence-corrected chi connectivity index (χ2v) is 7.86. The molecule has 0 atom stereocenters. The minimum Gasteiger partial charge on any atom is -0.342 e. The van der Waals surface area contributed by atoms with E-state index in [0.29, 0.717) is 17.9 Å². The molecular weight excluding hydrogens is 274 g/mol. The highest BCUT2D eigenvalue weighted by Crippen LogP contribution is 2.42. The fraction of sp³-hybridized carbons (Fsp3) is 0.778. The van der Waals surface area contributed by atoms with Gasteiger partial charge < -0.3 is 4.90 Å². The zero-order valence-corrected chi connectivity index (χ0v) is 14.2. The van der Waals surface area contributed by atoms with Crippen molar-refractivity contribution in [3.05, 3.63) is 18.0 Å². The van der Waals surface area contributed by atoms with Gasteiger partial charge in [-0.1, -0.05) is 27.2 Å². The van der Waals surface area contributed by atoms with Crippen LogP contribution >= 0.6 is 0 Å². The van der Waals surface area contributed by atoms with Crippen molar-refractivity contribution < 1.29 is 4.79 Å². The molecule has 2 heterocycles. The Bertz CT molecular complexity index is 522. The molecule has 0 bridgehead atoms. The minimum atomic E-state index is -0.0526. The third kappa shape index (κ3) is 3.06. The lowest BCUT2D eigenvalue weighted by molar-refractivity contribution is -0.147. The smallest absolute Gasteiger partial charge is 0.228 e. The van der Waals surface area contributed by atoms with E-state index >= 15 is 0 Å². The Labute approximate surface area is 133 Å². The fourth-order valence-electron chi connectivity index (χ4n) is 3.79. The molecule has 122 valence electrons. The van der Waals surface area contributed by atoms with E-state index in [1.807, 2.05) is 6.20 Å². The number of aromatic nitrogens is 2. The summed E-state index contributed by atoms with van der Waals surface area (Å²) in [5.41, 5.74) is 1.28. The zero-order chi connectivity index (χ0) is 15.7. The predicted molar refractivity (Wildman–Crippen MR) is 87.6 cm³/mol. The first-order valence-corrected chi connectivity index (χ1v) is 8.80. The van der Waals surface area contributed by atoms with E-state index in [-0.39, 0.29) is 5.41 Å². The van der Waals surface area contributed by atoms with E-state index < -0.39 is 0 Å². The van der Waals surface area contributed by atoms with Crippen LogP contribution < -0.4 is 0 Å². The summed E-state index contributed by atoms with van der Waals surface area (Å²) in [6.45, 7) is 8.39. The average molecular weight is 303 g/mol. The number of nitrogens with zero attached hydrogens (tertiary/aromatic N) is 3. The Hall–Kier alpha value is -1.32. The van der Waals surface area contributed by atoms with E-state index in [1.165, 1.54) is 12.0 Å². The summed E-state index contributed by atoms with van der Waals surface area (Å²) in [6, 6.07) is 0.458. The number of hydrogen-bond donors (Lipinski definition) is 0. The summed E-state index contributed by atoms with van der Waals surface area (Å²) in [4.78, 5) is 14.7. The van der Waals surface area contributed by atoms with Crippen LogP contribution in [0.25, 0.3) is 0 Å². The molecule has 3 rings (SSSR count). The minimum absolute atomic E-state index is 0.0526. The molecule has 1 saturated heterocycles. The standard InChI is InChI=1S/C18H29N3O/c1-14(2)11-15-12-19-21(13-15)16-5-9-20(10-6-16)17(22)18(3)7-4-8-18/h12-14,16H,4-11H2,1-3H3. The summed E-state index contributed by atoms with van der Waals surface area (Å²) in [5, 5.41) is 4.55. The Morgan fingerprint density at radius 3 is 2.59 bits per heavy atom. The van der Waals surface area contributed by atoms with Crippen LogP contribution in [-0.4, -0.2) is 33.7 Å². The molecule has 1 aromatic heterocycles. The maximum absolute atomic E-state index is 12.6. The molecule has 1 saturated carbocycles. The van der Waals surface area contributed by atoms with E-state index in [0.717, 1.165) is 45.2 Å². The summed E-state index contributed by atoms with van der Waals surface area (Å²) < 4.78 is 2.13. The van der Waals surface area contributed by atoms with Gasteiger partial charge in [-0.3, -0.25) is 9.48 Å². The molecule has 2 fully saturated rings. The third-order valence-corrected chi connectivity index (χ3v) is 5.40. The van der Waals surface area contributed by atoms with Crippen LogP contribution in [0.4, 0.5) is 0 Å². The molecular formula is C18H29N3O. The number of carbonyl (C=O) groups excluding carboxylic acids is 1. The zero-order valence-electron chi connectivity index (χ0n) is 14.2. The van der Waals surface area contributed by atoms with Gasteiger partial charge in [-0.05, 0) is 43.6 Å². The molecule has 4 heteroatoms. The van der Waals surface area contributed by atoms with Gasteiger partial charge in [-0.25, -0.2) is 0 Å². The summed E-state index contributed by atoms with van der Waals surface area (Å²) in [5.74, 6) is 1.05. The molecule has 0 radical (unpaired) electrons. The van der Waals surface area contributed by atoms with Crippen molar-refractivity contribution in [1.82, 2.24) is 14.7 Å². The molecule has 0 unspecified atom stereocenters. The first kappa shape index (κ1) is 15.6. The highest BCUT2D eigenvalue weighted by atomic mass is 16.2. The Morgan fingerprint density at radius 1 is 1.36 bits per heavy atom. The van der Waals surface area contributed by atoms with Crippen molar-refractivity contribution in [2.75, 3.05) is 13.1 Å². The first-order valence-electron chi connectivity index (χ1n) is 8.80. The number of piperidine rings is 1. The lowest BCUT2D eigenvalue weighted by Gasteiger charge is -2.43. The molecule has 1 aliphatic heterocycles. The van der Waals surface area contributed by atoms with Crippen molar-refractivity contribution in [3.8, 4) is 0 Å². The normalized spacial score (nSPS) is 21.9. The molecule has 0 spiro atoms. The van der Waals surface area contributed by atoms with Gasteiger partial charge in [0.1, 0.15) is 0 Å². The van der Waals surface area contributed by atoms with Crippen LogP contribution in [-0.2, 0) is 11.2 Å². The number of carbonyl (C=O) groups is 1. The monoisotopic (exact) mass is 303 g/mol. The number of rotatable bonds is 4. The average Bonchev–Trinajstić information content (AvgIpc) is 2.92. The third-order valence-electron chi connectivity index (χ3n) is 5.40. The Kier molecular flexibility index (Phi) is 4.28. The van der Waals surface area contributed by atoms with Gasteiger partial charge >= 0.3 is 0 Å². The molecule has 4 nitrogen and oxygen atoms in total. The maximum Gasteiger partial charge on any atom is 0.228 e. The van der Waals surface area contributed by atoms with Gasteiger partial charge in [0.05, 0.1) is 12.2 Å². The highest BCUT2D eigenvalue weighted by Gasteiger charge is 2.42. The molecule has 22 heavy (non-hydrogen) atoms. The summed E-state index contributed by atoms with van der Waals surface area (Å²) in [7, 11) is 0. The van der Waals surface area contributed by atoms with E-state index in [9.17, 15) is 4.79 Å². The number of hydrogen-bond acceptors (Lipinski definition) is 2. The lowest BCUT2D eigenvalue weighted by Crippen LogP contribution is -2.49. The Morgan fingerprint density at radius 2 is 2.05 bits per heavy atom. The maximum atomic E-state index is 12.6. The molecule has 1 amide bonds. The molecule has 0 N–H and O–H groups in total. The second kappa shape index (κ2) is 6.05. The number of amides is 1. The van der Waals surface area contributed by atoms with Crippen molar-refractivity contribution in [2.45, 2.75) is 65.3 Å². The summed E-state index contributed by atoms with van der Waals surface area (Å²) >= 11 is 0. The van der Waals surface area contributed by atoms with Crippen LogP contribution in [0.3, 0.4) is 0 Å². The van der Waals surface area contributed by atoms with Crippen molar-refractivity contribution in [2.24, 2.45) is 11.3 Å². The van der Waals surface area contributed by atoms with Crippen LogP contribution in [0.5, 0.6) is 0 Å². The number of likely N-dealkylation sites (tertiary alicyclic amines) is 1. The Balaban J connectivity index is 1.55. The molecule has 1 aromatic rings. The first-order chi connectivity index (χ1) is 10.5. The molecule has 2 aliphatic rings. The van der Waals surface area contributed by atoms with Crippen LogP contribution in [0.1, 0.15) is 64.5 Å². The van der Waals surface area contributed by atoms with Gasteiger partial charge in [0, 0.05) is 24.7 Å². The molecule has 1 aliphatic carbocycles. The molecule has 0 aromatic carbocycles. The quantitative estimate of drug-likeness (QED) is 0.854.